The summed E-state index contributed by atoms with van der Waals surface area (Å²) in [6.07, 6.45) is 0.993. The Morgan fingerprint density at radius 3 is 2.76 bits per heavy atom. The highest BCUT2D eigenvalue weighted by Crippen LogP contribution is 2.29. The summed E-state index contributed by atoms with van der Waals surface area (Å²) in [5, 5.41) is 14.6. The van der Waals surface area contributed by atoms with Crippen LogP contribution in [0.2, 0.25) is 0 Å². The second kappa shape index (κ2) is 5.19. The minimum absolute atomic E-state index is 0.0275. The van der Waals surface area contributed by atoms with Crippen LogP contribution >= 0.6 is 0 Å². The first-order valence-electron chi connectivity index (χ1n) is 5.92. The molecule has 0 bridgehead atoms. The van der Waals surface area contributed by atoms with Gasteiger partial charge in [0.1, 0.15) is 0 Å². The number of hydrogen-bond donors (Lipinski definition) is 3. The molecule has 1 aliphatic heterocycles. The normalized spacial score (nSPS) is 23.5. The van der Waals surface area contributed by atoms with Crippen molar-refractivity contribution in [3.05, 3.63) is 35.9 Å². The molecular formula is C13H18N2O2. The minimum atomic E-state index is -0.940. The fourth-order valence-corrected chi connectivity index (χ4v) is 2.45. The van der Waals surface area contributed by atoms with Crippen LogP contribution in [0, 0.1) is 5.41 Å². The van der Waals surface area contributed by atoms with Crippen LogP contribution in [0.15, 0.2) is 30.3 Å². The zero-order valence-corrected chi connectivity index (χ0v) is 9.78. The van der Waals surface area contributed by atoms with E-state index in [1.165, 1.54) is 5.56 Å². The molecule has 92 valence electrons. The average molecular weight is 234 g/mol. The van der Waals surface area contributed by atoms with Crippen molar-refractivity contribution in [2.24, 2.45) is 5.41 Å². The van der Waals surface area contributed by atoms with Gasteiger partial charge in [0, 0.05) is 18.5 Å². The van der Waals surface area contributed by atoms with Crippen LogP contribution in [0.1, 0.15) is 12.0 Å². The molecule has 1 fully saturated rings. The Morgan fingerprint density at radius 2 is 2.18 bits per heavy atom. The number of hydrogen-bond acceptors (Lipinski definition) is 2. The zero-order chi connectivity index (χ0) is 12.1. The first kappa shape index (κ1) is 11.9. The quantitative estimate of drug-likeness (QED) is 0.739. The summed E-state index contributed by atoms with van der Waals surface area (Å²) < 4.78 is 0. The van der Waals surface area contributed by atoms with Gasteiger partial charge in [0.25, 0.3) is 0 Å². The standard InChI is InChI=1S/C13H18N2O2/c16-12(17)15-10-13(6-7-14-9-13)8-11-4-2-1-3-5-11/h1-5,14-15H,6-10H2,(H,16,17). The predicted octanol–water partition coefficient (Wildman–Crippen LogP) is 1.48. The first-order chi connectivity index (χ1) is 8.20. The SMILES string of the molecule is O=C(O)NCC1(Cc2ccccc2)CCNC1. The van der Waals surface area contributed by atoms with Gasteiger partial charge in [0.05, 0.1) is 0 Å². The van der Waals surface area contributed by atoms with Crippen molar-refractivity contribution in [1.29, 1.82) is 0 Å². The number of rotatable bonds is 4. The summed E-state index contributed by atoms with van der Waals surface area (Å²) in [5.74, 6) is 0. The van der Waals surface area contributed by atoms with E-state index in [-0.39, 0.29) is 5.41 Å². The molecule has 1 atom stereocenters. The van der Waals surface area contributed by atoms with Crippen molar-refractivity contribution in [1.82, 2.24) is 10.6 Å². The van der Waals surface area contributed by atoms with E-state index in [2.05, 4.69) is 22.8 Å². The topological polar surface area (TPSA) is 61.4 Å². The molecule has 1 heterocycles. The van der Waals surface area contributed by atoms with Crippen LogP contribution in [0.4, 0.5) is 4.79 Å². The lowest BCUT2D eigenvalue weighted by atomic mass is 9.80. The highest BCUT2D eigenvalue weighted by molar-refractivity contribution is 5.64. The molecule has 1 saturated heterocycles. The molecule has 0 aromatic heterocycles. The molecule has 1 aromatic carbocycles. The van der Waals surface area contributed by atoms with Gasteiger partial charge in [-0.05, 0) is 24.9 Å². The van der Waals surface area contributed by atoms with Crippen molar-refractivity contribution < 1.29 is 9.90 Å². The molecule has 1 amide bonds. The van der Waals surface area contributed by atoms with Crippen molar-refractivity contribution in [3.8, 4) is 0 Å². The third-order valence-corrected chi connectivity index (χ3v) is 3.37. The lowest BCUT2D eigenvalue weighted by molar-refractivity contribution is 0.185. The van der Waals surface area contributed by atoms with Gasteiger partial charge in [-0.15, -0.1) is 0 Å². The van der Waals surface area contributed by atoms with Crippen molar-refractivity contribution >= 4 is 6.09 Å². The fraction of sp³-hybridized carbons (Fsp3) is 0.462. The average Bonchev–Trinajstić information content (AvgIpc) is 2.77. The van der Waals surface area contributed by atoms with E-state index in [4.69, 9.17) is 5.11 Å². The number of nitrogens with one attached hydrogen (secondary N) is 2. The van der Waals surface area contributed by atoms with E-state index in [0.717, 1.165) is 25.9 Å². The molecule has 1 aromatic rings. The second-order valence-corrected chi connectivity index (χ2v) is 4.75. The Balaban J connectivity index is 2.04. The maximum Gasteiger partial charge on any atom is 0.404 e. The summed E-state index contributed by atoms with van der Waals surface area (Å²) in [5.41, 5.74) is 1.29. The maximum atomic E-state index is 10.6. The van der Waals surface area contributed by atoms with Gasteiger partial charge < -0.3 is 15.7 Å². The van der Waals surface area contributed by atoms with Crippen LogP contribution in [0.5, 0.6) is 0 Å². The molecule has 3 N–H and O–H groups in total. The highest BCUT2D eigenvalue weighted by atomic mass is 16.4. The first-order valence-corrected chi connectivity index (χ1v) is 5.92. The van der Waals surface area contributed by atoms with Crippen molar-refractivity contribution in [2.45, 2.75) is 12.8 Å². The number of carbonyl (C=O) groups is 1. The molecule has 4 nitrogen and oxygen atoms in total. The zero-order valence-electron chi connectivity index (χ0n) is 9.78. The lowest BCUT2D eigenvalue weighted by Gasteiger charge is -2.28. The van der Waals surface area contributed by atoms with Crippen LogP contribution < -0.4 is 10.6 Å². The molecule has 1 aliphatic rings. The van der Waals surface area contributed by atoms with E-state index in [1.807, 2.05) is 18.2 Å². The molecule has 0 spiro atoms. The predicted molar refractivity (Wildman–Crippen MR) is 66.1 cm³/mol. The van der Waals surface area contributed by atoms with E-state index in [1.54, 1.807) is 0 Å². The van der Waals surface area contributed by atoms with E-state index in [0.29, 0.717) is 6.54 Å². The van der Waals surface area contributed by atoms with Gasteiger partial charge in [-0.3, -0.25) is 0 Å². The molecule has 0 aliphatic carbocycles. The smallest absolute Gasteiger partial charge is 0.404 e. The summed E-state index contributed by atoms with van der Waals surface area (Å²) >= 11 is 0. The van der Waals surface area contributed by atoms with Gasteiger partial charge in [-0.25, -0.2) is 4.79 Å². The molecule has 0 saturated carbocycles. The highest BCUT2D eigenvalue weighted by Gasteiger charge is 2.34. The minimum Gasteiger partial charge on any atom is -0.465 e. The van der Waals surface area contributed by atoms with Crippen LogP contribution in [-0.2, 0) is 6.42 Å². The number of carboxylic acid groups (broad SMARTS) is 1. The summed E-state index contributed by atoms with van der Waals surface area (Å²) in [6.45, 7) is 2.36. The molecule has 4 heteroatoms. The Kier molecular flexibility index (Phi) is 3.64. The fourth-order valence-electron chi connectivity index (χ4n) is 2.45. The molecular weight excluding hydrogens is 216 g/mol. The summed E-state index contributed by atoms with van der Waals surface area (Å²) in [4.78, 5) is 10.6. The Hall–Kier alpha value is -1.55. The molecule has 0 radical (unpaired) electrons. The lowest BCUT2D eigenvalue weighted by Crippen LogP contribution is -2.40. The van der Waals surface area contributed by atoms with Crippen LogP contribution in [0.25, 0.3) is 0 Å². The number of benzene rings is 1. The molecule has 1 unspecified atom stereocenters. The Bertz CT molecular complexity index is 372. The van der Waals surface area contributed by atoms with E-state index < -0.39 is 6.09 Å². The summed E-state index contributed by atoms with van der Waals surface area (Å²) in [6, 6.07) is 10.2. The number of amides is 1. The van der Waals surface area contributed by atoms with Crippen molar-refractivity contribution in [3.63, 3.8) is 0 Å². The van der Waals surface area contributed by atoms with Gasteiger partial charge in [-0.1, -0.05) is 30.3 Å². The third kappa shape index (κ3) is 3.20. The third-order valence-electron chi connectivity index (χ3n) is 3.37. The van der Waals surface area contributed by atoms with Gasteiger partial charge in [0.15, 0.2) is 0 Å². The van der Waals surface area contributed by atoms with E-state index in [9.17, 15) is 4.79 Å². The molecule has 17 heavy (non-hydrogen) atoms. The largest absolute Gasteiger partial charge is 0.465 e. The maximum absolute atomic E-state index is 10.6. The van der Waals surface area contributed by atoms with Crippen LogP contribution in [0.3, 0.4) is 0 Å². The Labute approximate surface area is 101 Å². The van der Waals surface area contributed by atoms with Crippen molar-refractivity contribution in [2.75, 3.05) is 19.6 Å². The monoisotopic (exact) mass is 234 g/mol. The van der Waals surface area contributed by atoms with Gasteiger partial charge >= 0.3 is 6.09 Å². The second-order valence-electron chi connectivity index (χ2n) is 4.75. The molecule has 2 rings (SSSR count). The Morgan fingerprint density at radius 1 is 1.41 bits per heavy atom. The van der Waals surface area contributed by atoms with Crippen LogP contribution in [-0.4, -0.2) is 30.8 Å². The van der Waals surface area contributed by atoms with E-state index >= 15 is 0 Å². The van der Waals surface area contributed by atoms with Gasteiger partial charge in [0.2, 0.25) is 0 Å². The summed E-state index contributed by atoms with van der Waals surface area (Å²) in [7, 11) is 0. The van der Waals surface area contributed by atoms with Gasteiger partial charge in [-0.2, -0.15) is 0 Å².